The number of hydrogen-bond donors (Lipinski definition) is 0. The van der Waals surface area contributed by atoms with Crippen molar-refractivity contribution in [2.24, 2.45) is 11.8 Å². The van der Waals surface area contributed by atoms with Gasteiger partial charge in [0.25, 0.3) is 10.0 Å². The molecule has 3 rings (SSSR count). The zero-order valence-electron chi connectivity index (χ0n) is 18.0. The Balaban J connectivity index is 1.97. The number of esters is 1. The standard InChI is InChI=1S/C24H29NO5S/c1-4-29-24(26)20-15-16-25(31(27,28)21-13-9-6-10-14-21)22(17-20)30-23(18(2)3)19-11-7-5-8-12-19/h5-16,18,20,22-23H,4,17H2,1-3H3/t20-,22-,23-/m1/s1. The lowest BCUT2D eigenvalue weighted by atomic mass is 9.97. The molecule has 1 aliphatic heterocycles. The van der Waals surface area contributed by atoms with Crippen LogP contribution in [0.25, 0.3) is 0 Å². The van der Waals surface area contributed by atoms with Crippen LogP contribution in [0.4, 0.5) is 0 Å². The molecule has 0 aromatic heterocycles. The molecular formula is C24H29NO5S. The molecule has 3 atom stereocenters. The minimum absolute atomic E-state index is 0.0932. The molecule has 0 bridgehead atoms. The minimum Gasteiger partial charge on any atom is -0.466 e. The molecule has 0 saturated heterocycles. The van der Waals surface area contributed by atoms with Crippen LogP contribution in [0.2, 0.25) is 0 Å². The highest BCUT2D eigenvalue weighted by Gasteiger charge is 2.38. The van der Waals surface area contributed by atoms with Crippen molar-refractivity contribution in [2.45, 2.75) is 44.4 Å². The van der Waals surface area contributed by atoms with E-state index in [1.807, 2.05) is 44.2 Å². The van der Waals surface area contributed by atoms with Gasteiger partial charge in [0.05, 0.1) is 23.5 Å². The second-order valence-electron chi connectivity index (χ2n) is 7.75. The third-order valence-corrected chi connectivity index (χ3v) is 6.93. The molecule has 1 heterocycles. The average molecular weight is 444 g/mol. The van der Waals surface area contributed by atoms with Crippen LogP contribution in [0.5, 0.6) is 0 Å². The van der Waals surface area contributed by atoms with E-state index in [-0.39, 0.29) is 35.9 Å². The second-order valence-corrected chi connectivity index (χ2v) is 9.59. The summed E-state index contributed by atoms with van der Waals surface area (Å²) in [6, 6.07) is 17.9. The van der Waals surface area contributed by atoms with Crippen molar-refractivity contribution in [3.63, 3.8) is 0 Å². The quantitative estimate of drug-likeness (QED) is 0.561. The van der Waals surface area contributed by atoms with Gasteiger partial charge in [0.15, 0.2) is 0 Å². The lowest BCUT2D eigenvalue weighted by molar-refractivity contribution is -0.150. The predicted molar refractivity (Wildman–Crippen MR) is 118 cm³/mol. The maximum Gasteiger partial charge on any atom is 0.313 e. The Morgan fingerprint density at radius 3 is 2.26 bits per heavy atom. The fourth-order valence-corrected chi connectivity index (χ4v) is 5.03. The summed E-state index contributed by atoms with van der Waals surface area (Å²) >= 11 is 0. The summed E-state index contributed by atoms with van der Waals surface area (Å²) in [5.41, 5.74) is 0.955. The Hall–Kier alpha value is -2.64. The van der Waals surface area contributed by atoms with Crippen molar-refractivity contribution >= 4 is 16.0 Å². The van der Waals surface area contributed by atoms with Gasteiger partial charge in [-0.15, -0.1) is 0 Å². The predicted octanol–water partition coefficient (Wildman–Crippen LogP) is 4.51. The summed E-state index contributed by atoms with van der Waals surface area (Å²) in [7, 11) is -3.86. The van der Waals surface area contributed by atoms with E-state index in [2.05, 4.69) is 0 Å². The molecule has 0 aliphatic carbocycles. The van der Waals surface area contributed by atoms with Gasteiger partial charge in [-0.05, 0) is 30.5 Å². The maximum atomic E-state index is 13.4. The zero-order valence-corrected chi connectivity index (χ0v) is 18.9. The van der Waals surface area contributed by atoms with E-state index in [0.29, 0.717) is 0 Å². The van der Waals surface area contributed by atoms with E-state index in [0.717, 1.165) is 5.56 Å². The molecule has 7 heteroatoms. The van der Waals surface area contributed by atoms with Gasteiger partial charge in [-0.1, -0.05) is 68.5 Å². The summed E-state index contributed by atoms with van der Waals surface area (Å²) in [6.07, 6.45) is 2.00. The SMILES string of the molecule is CCOC(=O)[C@@H]1C=CN(S(=O)(=O)c2ccccc2)[C@H](O[C@@H](c2ccccc2)C(C)C)C1. The van der Waals surface area contributed by atoms with Crippen molar-refractivity contribution < 1.29 is 22.7 Å². The van der Waals surface area contributed by atoms with Gasteiger partial charge in [0.1, 0.15) is 6.23 Å². The minimum atomic E-state index is -3.86. The molecule has 0 fully saturated rings. The number of rotatable bonds is 8. The van der Waals surface area contributed by atoms with Crippen LogP contribution in [-0.2, 0) is 24.3 Å². The number of carbonyl (C=O) groups excluding carboxylic acids is 1. The molecule has 166 valence electrons. The van der Waals surface area contributed by atoms with Crippen molar-refractivity contribution in [3.05, 3.63) is 78.5 Å². The van der Waals surface area contributed by atoms with Crippen LogP contribution >= 0.6 is 0 Å². The number of hydrogen-bond acceptors (Lipinski definition) is 5. The van der Waals surface area contributed by atoms with Gasteiger partial charge in [0, 0.05) is 12.6 Å². The first-order valence-corrected chi connectivity index (χ1v) is 11.9. The van der Waals surface area contributed by atoms with E-state index < -0.39 is 22.2 Å². The van der Waals surface area contributed by atoms with Crippen molar-refractivity contribution in [2.75, 3.05) is 6.61 Å². The fraction of sp³-hybridized carbons (Fsp3) is 0.375. The van der Waals surface area contributed by atoms with E-state index in [1.54, 1.807) is 43.3 Å². The molecule has 2 aromatic carbocycles. The third-order valence-electron chi connectivity index (χ3n) is 5.15. The average Bonchev–Trinajstić information content (AvgIpc) is 2.78. The third kappa shape index (κ3) is 5.35. The summed E-state index contributed by atoms with van der Waals surface area (Å²) in [4.78, 5) is 12.5. The van der Waals surface area contributed by atoms with Gasteiger partial charge in [-0.2, -0.15) is 0 Å². The van der Waals surface area contributed by atoms with E-state index in [1.165, 1.54) is 10.5 Å². The van der Waals surface area contributed by atoms with Crippen LogP contribution in [0, 0.1) is 11.8 Å². The second kappa shape index (κ2) is 10.1. The van der Waals surface area contributed by atoms with Gasteiger partial charge < -0.3 is 9.47 Å². The van der Waals surface area contributed by atoms with Crippen LogP contribution in [0.3, 0.4) is 0 Å². The van der Waals surface area contributed by atoms with Crippen LogP contribution in [0.15, 0.2) is 77.8 Å². The lowest BCUT2D eigenvalue weighted by Gasteiger charge is -2.37. The summed E-state index contributed by atoms with van der Waals surface area (Å²) in [5, 5.41) is 0. The first-order chi connectivity index (χ1) is 14.8. The Labute approximate surface area is 184 Å². The molecule has 0 unspecified atom stereocenters. The van der Waals surface area contributed by atoms with Gasteiger partial charge in [-0.25, -0.2) is 12.7 Å². The van der Waals surface area contributed by atoms with Crippen molar-refractivity contribution in [3.8, 4) is 0 Å². The molecule has 6 nitrogen and oxygen atoms in total. The van der Waals surface area contributed by atoms with Gasteiger partial charge >= 0.3 is 5.97 Å². The molecular weight excluding hydrogens is 414 g/mol. The first kappa shape index (κ1) is 23.0. The maximum absolute atomic E-state index is 13.4. The van der Waals surface area contributed by atoms with E-state index in [4.69, 9.17) is 9.47 Å². The van der Waals surface area contributed by atoms with Crippen LogP contribution < -0.4 is 0 Å². The fourth-order valence-electron chi connectivity index (χ4n) is 3.61. The number of carbonyl (C=O) groups is 1. The van der Waals surface area contributed by atoms with Crippen molar-refractivity contribution in [1.82, 2.24) is 4.31 Å². The van der Waals surface area contributed by atoms with Crippen molar-refractivity contribution in [1.29, 1.82) is 0 Å². The van der Waals surface area contributed by atoms with E-state index >= 15 is 0 Å². The monoisotopic (exact) mass is 443 g/mol. The molecule has 0 spiro atoms. The molecule has 0 radical (unpaired) electrons. The van der Waals surface area contributed by atoms with Crippen LogP contribution in [0.1, 0.15) is 38.9 Å². The normalized spacial score (nSPS) is 19.9. The largest absolute Gasteiger partial charge is 0.466 e. The highest BCUT2D eigenvalue weighted by atomic mass is 32.2. The number of benzene rings is 2. The Bertz CT molecular complexity index is 989. The molecule has 1 aliphatic rings. The summed E-state index contributed by atoms with van der Waals surface area (Å²) in [5.74, 6) is -0.865. The number of nitrogens with zero attached hydrogens (tertiary/aromatic N) is 1. The Morgan fingerprint density at radius 2 is 1.68 bits per heavy atom. The zero-order chi connectivity index (χ0) is 22.4. The van der Waals surface area contributed by atoms with Gasteiger partial charge in [-0.3, -0.25) is 4.79 Å². The number of sulfonamides is 1. The molecule has 0 N–H and O–H groups in total. The highest BCUT2D eigenvalue weighted by Crippen LogP contribution is 2.34. The summed E-state index contributed by atoms with van der Waals surface area (Å²) in [6.45, 7) is 6.05. The topological polar surface area (TPSA) is 72.9 Å². The number of ether oxygens (including phenoxy) is 2. The molecule has 2 aromatic rings. The first-order valence-electron chi connectivity index (χ1n) is 10.5. The van der Waals surface area contributed by atoms with E-state index in [9.17, 15) is 13.2 Å². The molecule has 31 heavy (non-hydrogen) atoms. The smallest absolute Gasteiger partial charge is 0.313 e. The molecule has 0 amide bonds. The molecule has 0 saturated carbocycles. The highest BCUT2D eigenvalue weighted by molar-refractivity contribution is 7.89. The summed E-state index contributed by atoms with van der Waals surface area (Å²) < 4.78 is 39.5. The van der Waals surface area contributed by atoms with Crippen LogP contribution in [-0.4, -0.2) is 31.5 Å². The lowest BCUT2D eigenvalue weighted by Crippen LogP contribution is -2.44. The Morgan fingerprint density at radius 1 is 1.06 bits per heavy atom. The Kier molecular flexibility index (Phi) is 7.51. The van der Waals surface area contributed by atoms with Gasteiger partial charge in [0.2, 0.25) is 0 Å².